The standard InChI is InChI=1S/C51H34N4O2/c1-10-25-51(26-11-1)40-19-6-2-13-31(40)38-28-39-32-14-3-7-20-42(32)55(43(39)29-41(38)51)50-53-48(30-23-24-35-33-15-4-8-21-44(33)56-46(35)27-30)52-49(54-50)37-18-12-17-36-34-16-5-9-22-45(34)57-47(36)37/h2-9,12-24,27-29H,1,10-11,25-26H2. The van der Waals surface area contributed by atoms with E-state index >= 15 is 0 Å². The Kier molecular flexibility index (Phi) is 6.29. The van der Waals surface area contributed by atoms with Crippen molar-refractivity contribution in [2.75, 3.05) is 0 Å². The number of fused-ring (bicyclic) bond motifs is 14. The van der Waals surface area contributed by atoms with Gasteiger partial charge >= 0.3 is 0 Å². The second kappa shape index (κ2) is 11.5. The van der Waals surface area contributed by atoms with Gasteiger partial charge in [-0.1, -0.05) is 116 Å². The van der Waals surface area contributed by atoms with Gasteiger partial charge in [0, 0.05) is 43.3 Å². The van der Waals surface area contributed by atoms with E-state index in [4.69, 9.17) is 23.8 Å². The van der Waals surface area contributed by atoms with E-state index in [2.05, 4.69) is 114 Å². The summed E-state index contributed by atoms with van der Waals surface area (Å²) in [5.74, 6) is 1.67. The van der Waals surface area contributed by atoms with Gasteiger partial charge in [-0.25, -0.2) is 4.98 Å². The zero-order valence-electron chi connectivity index (χ0n) is 31.0. The van der Waals surface area contributed by atoms with E-state index in [0.29, 0.717) is 17.6 Å². The van der Waals surface area contributed by atoms with Crippen molar-refractivity contribution in [1.29, 1.82) is 0 Å². The first kappa shape index (κ1) is 31.2. The van der Waals surface area contributed by atoms with Crippen LogP contribution in [0.4, 0.5) is 0 Å². The molecule has 0 unspecified atom stereocenters. The number of benzene rings is 7. The van der Waals surface area contributed by atoms with Gasteiger partial charge in [-0.05, 0) is 83.6 Å². The van der Waals surface area contributed by atoms with Crippen LogP contribution >= 0.6 is 0 Å². The Bertz CT molecular complexity index is 3470. The zero-order valence-corrected chi connectivity index (χ0v) is 31.0. The highest BCUT2D eigenvalue weighted by molar-refractivity contribution is 6.12. The maximum absolute atomic E-state index is 6.57. The van der Waals surface area contributed by atoms with Crippen LogP contribution in [0.2, 0.25) is 0 Å². The van der Waals surface area contributed by atoms with Gasteiger partial charge in [0.25, 0.3) is 0 Å². The van der Waals surface area contributed by atoms with Crippen LogP contribution in [0, 0.1) is 0 Å². The molecule has 6 nitrogen and oxygen atoms in total. The van der Waals surface area contributed by atoms with Crippen molar-refractivity contribution in [2.45, 2.75) is 37.5 Å². The van der Waals surface area contributed by atoms with Crippen molar-refractivity contribution in [3.63, 3.8) is 0 Å². The molecule has 0 atom stereocenters. The summed E-state index contributed by atoms with van der Waals surface area (Å²) in [7, 11) is 0. The average molecular weight is 735 g/mol. The summed E-state index contributed by atoms with van der Waals surface area (Å²) >= 11 is 0. The van der Waals surface area contributed by atoms with Crippen molar-refractivity contribution in [3.8, 4) is 39.9 Å². The van der Waals surface area contributed by atoms with Crippen LogP contribution in [0.25, 0.3) is 106 Å². The quantitative estimate of drug-likeness (QED) is 0.181. The highest BCUT2D eigenvalue weighted by atomic mass is 16.3. The van der Waals surface area contributed by atoms with Gasteiger partial charge in [0.1, 0.15) is 22.3 Å². The van der Waals surface area contributed by atoms with Gasteiger partial charge in [-0.15, -0.1) is 0 Å². The first-order valence-electron chi connectivity index (χ1n) is 20.0. The van der Waals surface area contributed by atoms with Crippen LogP contribution in [-0.4, -0.2) is 19.5 Å². The highest BCUT2D eigenvalue weighted by Gasteiger charge is 2.44. The lowest BCUT2D eigenvalue weighted by Gasteiger charge is -2.36. The molecule has 270 valence electrons. The molecule has 7 aromatic carbocycles. The topological polar surface area (TPSA) is 69.9 Å². The van der Waals surface area contributed by atoms with Crippen molar-refractivity contribution in [2.24, 2.45) is 0 Å². The molecule has 2 aliphatic rings. The molecular formula is C51H34N4O2. The summed E-state index contributed by atoms with van der Waals surface area (Å²) in [4.78, 5) is 16.0. The molecule has 1 fully saturated rings. The third-order valence-electron chi connectivity index (χ3n) is 12.9. The van der Waals surface area contributed by atoms with E-state index in [9.17, 15) is 0 Å². The second-order valence-electron chi connectivity index (χ2n) is 15.8. The summed E-state index contributed by atoms with van der Waals surface area (Å²) in [5, 5.41) is 6.60. The van der Waals surface area contributed by atoms with E-state index in [1.54, 1.807) is 0 Å². The molecule has 0 radical (unpaired) electrons. The average Bonchev–Trinajstić information content (AvgIpc) is 4.00. The predicted molar refractivity (Wildman–Crippen MR) is 229 cm³/mol. The lowest BCUT2D eigenvalue weighted by Crippen LogP contribution is -2.28. The Morgan fingerprint density at radius 3 is 2.00 bits per heavy atom. The van der Waals surface area contributed by atoms with E-state index in [1.807, 2.05) is 36.4 Å². The van der Waals surface area contributed by atoms with Crippen LogP contribution in [0.3, 0.4) is 0 Å². The fourth-order valence-electron chi connectivity index (χ4n) is 10.3. The van der Waals surface area contributed by atoms with Crippen LogP contribution in [-0.2, 0) is 5.41 Å². The lowest BCUT2D eigenvalue weighted by atomic mass is 9.68. The molecule has 0 amide bonds. The van der Waals surface area contributed by atoms with Crippen molar-refractivity contribution >= 4 is 65.7 Å². The minimum Gasteiger partial charge on any atom is -0.456 e. The molecule has 0 N–H and O–H groups in total. The third-order valence-corrected chi connectivity index (χ3v) is 12.9. The highest BCUT2D eigenvalue weighted by Crippen LogP contribution is 2.57. The Morgan fingerprint density at radius 2 is 1.12 bits per heavy atom. The Labute approximate surface area is 327 Å². The van der Waals surface area contributed by atoms with Crippen LogP contribution in [0.5, 0.6) is 0 Å². The number of para-hydroxylation sites is 4. The molecule has 4 heterocycles. The summed E-state index contributed by atoms with van der Waals surface area (Å²) in [6.07, 6.45) is 6.08. The van der Waals surface area contributed by atoms with Gasteiger partial charge in [-0.2, -0.15) is 9.97 Å². The van der Waals surface area contributed by atoms with Crippen molar-refractivity contribution in [3.05, 3.63) is 157 Å². The molecule has 57 heavy (non-hydrogen) atoms. The number of rotatable bonds is 3. The van der Waals surface area contributed by atoms with E-state index in [1.165, 1.54) is 52.3 Å². The van der Waals surface area contributed by atoms with Crippen molar-refractivity contribution in [1.82, 2.24) is 19.5 Å². The predicted octanol–water partition coefficient (Wildman–Crippen LogP) is 13.3. The maximum atomic E-state index is 6.57. The number of nitrogens with zero attached hydrogens (tertiary/aromatic N) is 4. The van der Waals surface area contributed by atoms with Crippen LogP contribution in [0.15, 0.2) is 154 Å². The molecule has 6 heteroatoms. The number of furan rings is 2. The lowest BCUT2D eigenvalue weighted by molar-refractivity contribution is 0.353. The smallest absolute Gasteiger partial charge is 0.238 e. The normalized spacial score (nSPS) is 14.8. The first-order chi connectivity index (χ1) is 28.2. The molecule has 4 aromatic heterocycles. The summed E-state index contributed by atoms with van der Waals surface area (Å²) in [6.45, 7) is 0. The molecule has 11 aromatic rings. The van der Waals surface area contributed by atoms with E-state index in [-0.39, 0.29) is 5.41 Å². The fourth-order valence-corrected chi connectivity index (χ4v) is 10.3. The number of aromatic nitrogens is 4. The maximum Gasteiger partial charge on any atom is 0.238 e. The number of hydrogen-bond donors (Lipinski definition) is 0. The van der Waals surface area contributed by atoms with Crippen LogP contribution < -0.4 is 0 Å². The SMILES string of the molecule is c1ccc2c(c1)-c1cc3c4ccccc4n(-c4nc(-c5ccc6c(c5)oc5ccccc56)nc(-c5cccc6c5oc5ccccc56)n4)c3cc1C21CCCCC1. The molecule has 13 rings (SSSR count). The zero-order chi connectivity index (χ0) is 37.2. The molecule has 0 aliphatic heterocycles. The summed E-state index contributed by atoms with van der Waals surface area (Å²) in [5.41, 5.74) is 12.7. The van der Waals surface area contributed by atoms with Gasteiger partial charge in [0.2, 0.25) is 5.95 Å². The molecular weight excluding hydrogens is 701 g/mol. The number of hydrogen-bond acceptors (Lipinski definition) is 5. The third kappa shape index (κ3) is 4.32. The fraction of sp³-hybridized carbons (Fsp3) is 0.118. The summed E-state index contributed by atoms with van der Waals surface area (Å²) < 4.78 is 15.2. The van der Waals surface area contributed by atoms with Gasteiger partial charge < -0.3 is 8.83 Å². The second-order valence-corrected chi connectivity index (χ2v) is 15.8. The van der Waals surface area contributed by atoms with Crippen molar-refractivity contribution < 1.29 is 8.83 Å². The monoisotopic (exact) mass is 734 g/mol. The minimum absolute atomic E-state index is 0.00794. The van der Waals surface area contributed by atoms with E-state index < -0.39 is 0 Å². The minimum atomic E-state index is 0.00794. The van der Waals surface area contributed by atoms with Gasteiger partial charge in [0.05, 0.1) is 16.6 Å². The van der Waals surface area contributed by atoms with Gasteiger partial charge in [0.15, 0.2) is 11.6 Å². The Balaban J connectivity index is 1.11. The molecule has 0 saturated heterocycles. The van der Waals surface area contributed by atoms with Gasteiger partial charge in [-0.3, -0.25) is 4.57 Å². The first-order valence-corrected chi connectivity index (χ1v) is 20.0. The molecule has 0 bridgehead atoms. The molecule has 2 aliphatic carbocycles. The Morgan fingerprint density at radius 1 is 0.439 bits per heavy atom. The summed E-state index contributed by atoms with van der Waals surface area (Å²) in [6, 6.07) is 51.5. The van der Waals surface area contributed by atoms with E-state index in [0.717, 1.165) is 78.9 Å². The Hall–Kier alpha value is -7.05. The van der Waals surface area contributed by atoms with Crippen LogP contribution in [0.1, 0.15) is 43.2 Å². The molecule has 1 spiro atoms. The largest absolute Gasteiger partial charge is 0.456 e. The molecule has 1 saturated carbocycles.